The first-order chi connectivity index (χ1) is 13.7. The maximum atomic E-state index is 4.77. The summed E-state index contributed by atoms with van der Waals surface area (Å²) in [6.07, 6.45) is 7.81. The Morgan fingerprint density at radius 1 is 1.29 bits per heavy atom. The number of guanidine groups is 1. The number of aliphatic imine (C=N–C) groups is 1. The molecule has 1 unspecified atom stereocenters. The van der Waals surface area contributed by atoms with E-state index in [-0.39, 0.29) is 0 Å². The first kappa shape index (κ1) is 20.8. The molecule has 0 bridgehead atoms. The minimum atomic E-state index is 0.350. The SMILES string of the molecule is CCNC(=NCCCc1nnc2n1CCCCC2)NC(C)Cc1ccc(C)s1. The van der Waals surface area contributed by atoms with E-state index in [0.29, 0.717) is 6.04 Å². The van der Waals surface area contributed by atoms with Crippen LogP contribution in [-0.2, 0) is 25.8 Å². The van der Waals surface area contributed by atoms with Gasteiger partial charge in [-0.1, -0.05) is 6.42 Å². The minimum absolute atomic E-state index is 0.350. The van der Waals surface area contributed by atoms with E-state index in [4.69, 9.17) is 4.99 Å². The second kappa shape index (κ2) is 10.6. The van der Waals surface area contributed by atoms with Gasteiger partial charge in [0.2, 0.25) is 0 Å². The standard InChI is InChI=1S/C21H34N6S/c1-4-22-21(24-16(2)15-18-12-11-17(3)28-18)23-13-8-10-20-26-25-19-9-6-5-7-14-27(19)20/h11-12,16H,4-10,13-15H2,1-3H3,(H2,22,23,24). The predicted molar refractivity (Wildman–Crippen MR) is 117 cm³/mol. The number of hydrogen-bond acceptors (Lipinski definition) is 4. The van der Waals surface area contributed by atoms with Gasteiger partial charge in [0.1, 0.15) is 11.6 Å². The molecule has 0 radical (unpaired) electrons. The van der Waals surface area contributed by atoms with E-state index < -0.39 is 0 Å². The van der Waals surface area contributed by atoms with E-state index in [0.717, 1.165) is 57.1 Å². The van der Waals surface area contributed by atoms with Crippen molar-refractivity contribution in [2.75, 3.05) is 13.1 Å². The Labute approximate surface area is 172 Å². The molecule has 0 saturated carbocycles. The summed E-state index contributed by atoms with van der Waals surface area (Å²) >= 11 is 1.87. The first-order valence-electron chi connectivity index (χ1n) is 10.7. The molecule has 0 aromatic carbocycles. The highest BCUT2D eigenvalue weighted by atomic mass is 32.1. The summed E-state index contributed by atoms with van der Waals surface area (Å²) in [4.78, 5) is 7.56. The van der Waals surface area contributed by atoms with Gasteiger partial charge in [0.05, 0.1) is 0 Å². The molecule has 0 aliphatic carbocycles. The van der Waals surface area contributed by atoms with Crippen LogP contribution in [0.5, 0.6) is 0 Å². The molecule has 0 spiro atoms. The molecule has 3 heterocycles. The summed E-state index contributed by atoms with van der Waals surface area (Å²) in [7, 11) is 0. The lowest BCUT2D eigenvalue weighted by atomic mass is 10.2. The molecule has 2 N–H and O–H groups in total. The Morgan fingerprint density at radius 2 is 2.18 bits per heavy atom. The van der Waals surface area contributed by atoms with Gasteiger partial charge in [-0.15, -0.1) is 21.5 Å². The van der Waals surface area contributed by atoms with Gasteiger partial charge in [0.25, 0.3) is 0 Å². The van der Waals surface area contributed by atoms with E-state index in [1.165, 1.54) is 34.8 Å². The molecule has 3 rings (SSSR count). The van der Waals surface area contributed by atoms with Gasteiger partial charge < -0.3 is 15.2 Å². The highest BCUT2D eigenvalue weighted by molar-refractivity contribution is 7.11. The van der Waals surface area contributed by atoms with Gasteiger partial charge in [-0.05, 0) is 52.2 Å². The molecule has 6 nitrogen and oxygen atoms in total. The van der Waals surface area contributed by atoms with Crippen LogP contribution in [0.1, 0.15) is 60.9 Å². The van der Waals surface area contributed by atoms with Crippen LogP contribution in [0, 0.1) is 6.92 Å². The van der Waals surface area contributed by atoms with Crippen LogP contribution in [0.25, 0.3) is 0 Å². The van der Waals surface area contributed by atoms with Gasteiger partial charge >= 0.3 is 0 Å². The van der Waals surface area contributed by atoms with Crippen molar-refractivity contribution in [3.8, 4) is 0 Å². The van der Waals surface area contributed by atoms with E-state index in [1.54, 1.807) is 0 Å². The molecule has 0 amide bonds. The van der Waals surface area contributed by atoms with Crippen LogP contribution < -0.4 is 10.6 Å². The Morgan fingerprint density at radius 3 is 2.96 bits per heavy atom. The highest BCUT2D eigenvalue weighted by Gasteiger charge is 2.14. The molecular weight excluding hydrogens is 368 g/mol. The number of nitrogens with one attached hydrogen (secondary N) is 2. The Kier molecular flexibility index (Phi) is 7.89. The zero-order valence-corrected chi connectivity index (χ0v) is 18.3. The second-order valence-corrected chi connectivity index (χ2v) is 8.99. The number of thiophene rings is 1. The van der Waals surface area contributed by atoms with Crippen molar-refractivity contribution in [1.82, 2.24) is 25.4 Å². The first-order valence-corrected chi connectivity index (χ1v) is 11.5. The summed E-state index contributed by atoms with van der Waals surface area (Å²) in [6, 6.07) is 4.77. The fourth-order valence-corrected chi connectivity index (χ4v) is 4.68. The maximum Gasteiger partial charge on any atom is 0.191 e. The van der Waals surface area contributed by atoms with Gasteiger partial charge in [-0.2, -0.15) is 0 Å². The van der Waals surface area contributed by atoms with Crippen LogP contribution in [0.2, 0.25) is 0 Å². The van der Waals surface area contributed by atoms with Crippen molar-refractivity contribution in [2.45, 2.75) is 78.3 Å². The minimum Gasteiger partial charge on any atom is -0.357 e. The lowest BCUT2D eigenvalue weighted by molar-refractivity contribution is 0.596. The molecular formula is C21H34N6S. The maximum absolute atomic E-state index is 4.77. The molecule has 28 heavy (non-hydrogen) atoms. The highest BCUT2D eigenvalue weighted by Crippen LogP contribution is 2.17. The van der Waals surface area contributed by atoms with Gasteiger partial charge in [-0.3, -0.25) is 4.99 Å². The normalized spacial score (nSPS) is 15.8. The Balaban J connectivity index is 1.48. The average Bonchev–Trinajstić information content (AvgIpc) is 3.16. The smallest absolute Gasteiger partial charge is 0.191 e. The molecule has 7 heteroatoms. The monoisotopic (exact) mass is 402 g/mol. The number of nitrogens with zero attached hydrogens (tertiary/aromatic N) is 4. The third kappa shape index (κ3) is 6.06. The van der Waals surface area contributed by atoms with E-state index >= 15 is 0 Å². The van der Waals surface area contributed by atoms with Crippen molar-refractivity contribution in [3.63, 3.8) is 0 Å². The lowest BCUT2D eigenvalue weighted by Gasteiger charge is -2.17. The summed E-state index contributed by atoms with van der Waals surface area (Å²) in [5, 5.41) is 15.7. The van der Waals surface area contributed by atoms with Crippen molar-refractivity contribution in [2.24, 2.45) is 4.99 Å². The zero-order valence-electron chi connectivity index (χ0n) is 17.5. The fourth-order valence-electron chi connectivity index (χ4n) is 3.66. The zero-order chi connectivity index (χ0) is 19.8. The van der Waals surface area contributed by atoms with Gasteiger partial charge in [0.15, 0.2) is 5.96 Å². The molecule has 1 aliphatic rings. The Bertz CT molecular complexity index is 763. The van der Waals surface area contributed by atoms with Crippen LogP contribution in [0.4, 0.5) is 0 Å². The van der Waals surface area contributed by atoms with Crippen molar-refractivity contribution >= 4 is 17.3 Å². The van der Waals surface area contributed by atoms with Gasteiger partial charge in [-0.25, -0.2) is 0 Å². The van der Waals surface area contributed by atoms with Crippen molar-refractivity contribution in [1.29, 1.82) is 0 Å². The van der Waals surface area contributed by atoms with E-state index in [2.05, 4.69) is 58.3 Å². The number of aromatic nitrogens is 3. The summed E-state index contributed by atoms with van der Waals surface area (Å²) < 4.78 is 2.34. The summed E-state index contributed by atoms with van der Waals surface area (Å²) in [5.41, 5.74) is 0. The molecule has 2 aromatic heterocycles. The quantitative estimate of drug-likeness (QED) is 0.403. The molecule has 1 atom stereocenters. The van der Waals surface area contributed by atoms with Crippen LogP contribution >= 0.6 is 11.3 Å². The van der Waals surface area contributed by atoms with Crippen LogP contribution in [-0.4, -0.2) is 39.9 Å². The number of fused-ring (bicyclic) bond motifs is 1. The summed E-state index contributed by atoms with van der Waals surface area (Å²) in [6.45, 7) is 9.22. The second-order valence-electron chi connectivity index (χ2n) is 7.62. The number of rotatable bonds is 8. The van der Waals surface area contributed by atoms with Crippen LogP contribution in [0.15, 0.2) is 17.1 Å². The van der Waals surface area contributed by atoms with Gasteiger partial charge in [0, 0.05) is 54.7 Å². The van der Waals surface area contributed by atoms with Crippen molar-refractivity contribution in [3.05, 3.63) is 33.5 Å². The van der Waals surface area contributed by atoms with E-state index in [9.17, 15) is 0 Å². The largest absolute Gasteiger partial charge is 0.357 e. The molecule has 0 fully saturated rings. The third-order valence-electron chi connectivity index (χ3n) is 5.05. The Hall–Kier alpha value is -1.89. The molecule has 0 saturated heterocycles. The number of hydrogen-bond donors (Lipinski definition) is 2. The molecule has 2 aromatic rings. The fraction of sp³-hybridized carbons (Fsp3) is 0.667. The topological polar surface area (TPSA) is 67.1 Å². The number of aryl methyl sites for hydroxylation is 3. The van der Waals surface area contributed by atoms with E-state index in [1.807, 2.05) is 11.3 Å². The average molecular weight is 403 g/mol. The third-order valence-corrected chi connectivity index (χ3v) is 6.07. The van der Waals surface area contributed by atoms with Crippen LogP contribution in [0.3, 0.4) is 0 Å². The lowest BCUT2D eigenvalue weighted by Crippen LogP contribution is -2.43. The molecule has 154 valence electrons. The summed E-state index contributed by atoms with van der Waals surface area (Å²) in [5.74, 6) is 3.21. The van der Waals surface area contributed by atoms with Crippen molar-refractivity contribution < 1.29 is 0 Å². The predicted octanol–water partition coefficient (Wildman–Crippen LogP) is 3.49. The molecule has 1 aliphatic heterocycles.